The quantitative estimate of drug-likeness (QED) is 0.486. The predicted octanol–water partition coefficient (Wildman–Crippen LogP) is -0.295. The maximum absolute atomic E-state index is 11.5. The van der Waals surface area contributed by atoms with Crippen molar-refractivity contribution < 1.29 is 48.0 Å². The Morgan fingerprint density at radius 2 is 1.54 bits per heavy atom. The Balaban J connectivity index is 0.000000177. The first-order valence-electron chi connectivity index (χ1n) is 9.42. The number of hydrogen-bond donors (Lipinski definition) is 1. The fourth-order valence-corrected chi connectivity index (χ4v) is 3.87. The summed E-state index contributed by atoms with van der Waals surface area (Å²) >= 11 is 0. The van der Waals surface area contributed by atoms with E-state index in [0.717, 1.165) is 19.4 Å². The van der Waals surface area contributed by atoms with Gasteiger partial charge in [-0.15, -0.1) is 0 Å². The Labute approximate surface area is 160 Å². The van der Waals surface area contributed by atoms with Crippen molar-refractivity contribution in [1.82, 2.24) is 5.06 Å². The van der Waals surface area contributed by atoms with Gasteiger partial charge in [0.05, 0.1) is 38.4 Å². The molecule has 5 saturated heterocycles. The molecule has 0 aromatic carbocycles. The maximum atomic E-state index is 11.5. The first-order valence-corrected chi connectivity index (χ1v) is 9.42. The van der Waals surface area contributed by atoms with Crippen molar-refractivity contribution in [3.63, 3.8) is 0 Å². The highest BCUT2D eigenvalue weighted by Crippen LogP contribution is 2.33. The number of aliphatic hydroxyl groups excluding tert-OH is 1. The van der Waals surface area contributed by atoms with Crippen LogP contribution < -0.4 is 0 Å². The number of fused-ring (bicyclic) bond motifs is 2. The van der Waals surface area contributed by atoms with E-state index >= 15 is 0 Å². The molecule has 2 unspecified atom stereocenters. The van der Waals surface area contributed by atoms with Crippen molar-refractivity contribution in [2.24, 2.45) is 11.8 Å². The second-order valence-corrected chi connectivity index (χ2v) is 7.20. The second-order valence-electron chi connectivity index (χ2n) is 7.20. The SMILES string of the molecule is O=C(OC1CO[C@H]2OCC[C@@H]12)ON1C(=O)CCC1=O.OC1CO[C@H]2OCC[C@@H]12. The highest BCUT2D eigenvalue weighted by molar-refractivity contribution is 6.01. The smallest absolute Gasteiger partial charge is 0.426 e. The molecular weight excluding hydrogens is 378 g/mol. The molecule has 5 aliphatic rings. The molecule has 11 nitrogen and oxygen atoms in total. The third kappa shape index (κ3) is 3.98. The first kappa shape index (κ1) is 19.5. The lowest BCUT2D eigenvalue weighted by atomic mass is 10.0. The van der Waals surface area contributed by atoms with Gasteiger partial charge in [-0.1, -0.05) is 5.06 Å². The van der Waals surface area contributed by atoms with Gasteiger partial charge in [0.15, 0.2) is 12.6 Å². The zero-order valence-electron chi connectivity index (χ0n) is 15.2. The van der Waals surface area contributed by atoms with Gasteiger partial charge >= 0.3 is 6.16 Å². The number of ether oxygens (including phenoxy) is 5. The van der Waals surface area contributed by atoms with E-state index in [2.05, 4.69) is 4.84 Å². The molecule has 28 heavy (non-hydrogen) atoms. The predicted molar refractivity (Wildman–Crippen MR) is 86.0 cm³/mol. The Hall–Kier alpha value is -1.79. The number of carbonyl (C=O) groups is 3. The Bertz CT molecular complexity index is 611. The lowest BCUT2D eigenvalue weighted by Gasteiger charge is -2.17. The number of aliphatic hydroxyl groups is 1. The summed E-state index contributed by atoms with van der Waals surface area (Å²) in [6.45, 7) is 1.99. The third-order valence-electron chi connectivity index (χ3n) is 5.41. The van der Waals surface area contributed by atoms with Gasteiger partial charge in [-0.25, -0.2) is 4.79 Å². The Kier molecular flexibility index (Phi) is 5.78. The summed E-state index contributed by atoms with van der Waals surface area (Å²) in [5.41, 5.74) is 0. The van der Waals surface area contributed by atoms with E-state index in [9.17, 15) is 19.5 Å². The van der Waals surface area contributed by atoms with Crippen molar-refractivity contribution in [3.05, 3.63) is 0 Å². The number of carbonyl (C=O) groups excluding carboxylic acids is 3. The van der Waals surface area contributed by atoms with Crippen LogP contribution in [-0.4, -0.2) is 79.4 Å². The first-order chi connectivity index (χ1) is 13.5. The van der Waals surface area contributed by atoms with E-state index in [0.29, 0.717) is 18.3 Å². The van der Waals surface area contributed by atoms with E-state index in [1.165, 1.54) is 0 Å². The molecule has 1 N–H and O–H groups in total. The van der Waals surface area contributed by atoms with E-state index in [1.807, 2.05) is 0 Å². The van der Waals surface area contributed by atoms with E-state index in [-0.39, 0.29) is 50.0 Å². The van der Waals surface area contributed by atoms with Crippen LogP contribution in [0.3, 0.4) is 0 Å². The lowest BCUT2D eigenvalue weighted by molar-refractivity contribution is -0.179. The van der Waals surface area contributed by atoms with Gasteiger partial charge in [-0.05, 0) is 12.8 Å². The van der Waals surface area contributed by atoms with Crippen molar-refractivity contribution in [2.45, 2.75) is 50.5 Å². The molecule has 0 saturated carbocycles. The number of amides is 2. The molecule has 2 amide bonds. The Morgan fingerprint density at radius 3 is 2.21 bits per heavy atom. The number of imide groups is 1. The molecule has 5 aliphatic heterocycles. The van der Waals surface area contributed by atoms with Gasteiger partial charge in [0, 0.05) is 18.8 Å². The fraction of sp³-hybridized carbons (Fsp3) is 0.824. The standard InChI is InChI=1S/C11H13NO7.C6H10O3/c13-8-1-2-9(14)12(8)19-11(15)18-7-5-17-10-6(7)3-4-16-10;7-5-3-9-6-4(5)1-2-8-6/h6-7,10H,1-5H2;4-7H,1-3H2/t6-,7?,10+;4-,5?,6+/m00/s1. The minimum absolute atomic E-state index is 0.0162. The van der Waals surface area contributed by atoms with E-state index in [4.69, 9.17) is 23.7 Å². The summed E-state index contributed by atoms with van der Waals surface area (Å²) in [5, 5.41) is 9.65. The lowest BCUT2D eigenvalue weighted by Crippen LogP contribution is -2.35. The van der Waals surface area contributed by atoms with E-state index < -0.39 is 24.1 Å². The van der Waals surface area contributed by atoms with Crippen molar-refractivity contribution in [3.8, 4) is 0 Å². The average molecular weight is 401 g/mol. The maximum Gasteiger partial charge on any atom is 0.534 e. The molecule has 6 atom stereocenters. The normalized spacial score (nSPS) is 38.8. The number of rotatable bonds is 2. The van der Waals surface area contributed by atoms with Gasteiger partial charge < -0.3 is 28.8 Å². The molecule has 0 aromatic rings. The molecule has 0 bridgehead atoms. The van der Waals surface area contributed by atoms with Gasteiger partial charge in [-0.3, -0.25) is 14.4 Å². The third-order valence-corrected chi connectivity index (χ3v) is 5.41. The summed E-state index contributed by atoms with van der Waals surface area (Å²) in [6.07, 6.45) is -0.451. The van der Waals surface area contributed by atoms with Crippen molar-refractivity contribution in [2.75, 3.05) is 26.4 Å². The summed E-state index contributed by atoms with van der Waals surface area (Å²) in [5.74, 6) is -0.832. The molecular formula is C17H23NO10. The highest BCUT2D eigenvalue weighted by Gasteiger charge is 2.45. The largest absolute Gasteiger partial charge is 0.534 e. The topological polar surface area (TPSA) is 130 Å². The molecule has 5 fully saturated rings. The summed E-state index contributed by atoms with van der Waals surface area (Å²) < 4.78 is 25.9. The van der Waals surface area contributed by atoms with Crippen LogP contribution in [0.1, 0.15) is 25.7 Å². The van der Waals surface area contributed by atoms with E-state index in [1.54, 1.807) is 0 Å². The average Bonchev–Trinajstić information content (AvgIpc) is 3.45. The molecule has 0 aromatic heterocycles. The molecule has 156 valence electrons. The molecule has 0 radical (unpaired) electrons. The van der Waals surface area contributed by atoms with Crippen molar-refractivity contribution >= 4 is 18.0 Å². The number of nitrogens with zero attached hydrogens (tertiary/aromatic N) is 1. The molecule has 0 aliphatic carbocycles. The van der Waals surface area contributed by atoms with Crippen LogP contribution in [0.4, 0.5) is 4.79 Å². The minimum Gasteiger partial charge on any atom is -0.426 e. The van der Waals surface area contributed by atoms with Crippen LogP contribution in [0.2, 0.25) is 0 Å². The molecule has 11 heteroatoms. The second kappa shape index (κ2) is 8.29. The van der Waals surface area contributed by atoms with Gasteiger partial charge in [0.25, 0.3) is 11.8 Å². The number of hydroxylamine groups is 2. The molecule has 5 heterocycles. The van der Waals surface area contributed by atoms with Gasteiger partial charge in [0.1, 0.15) is 6.10 Å². The van der Waals surface area contributed by atoms with Crippen LogP contribution in [0.25, 0.3) is 0 Å². The minimum atomic E-state index is -1.07. The monoisotopic (exact) mass is 401 g/mol. The summed E-state index contributed by atoms with van der Waals surface area (Å²) in [4.78, 5) is 38.7. The summed E-state index contributed by atoms with van der Waals surface area (Å²) in [6, 6.07) is 0. The Morgan fingerprint density at radius 1 is 0.929 bits per heavy atom. The van der Waals surface area contributed by atoms with Crippen molar-refractivity contribution in [1.29, 1.82) is 0 Å². The zero-order chi connectivity index (χ0) is 19.7. The van der Waals surface area contributed by atoms with Crippen LogP contribution in [0.15, 0.2) is 0 Å². The fourth-order valence-electron chi connectivity index (χ4n) is 3.87. The molecule has 0 spiro atoms. The summed E-state index contributed by atoms with van der Waals surface area (Å²) in [7, 11) is 0. The highest BCUT2D eigenvalue weighted by atomic mass is 16.8. The van der Waals surface area contributed by atoms with Crippen LogP contribution in [-0.2, 0) is 38.1 Å². The number of hydrogen-bond acceptors (Lipinski definition) is 10. The van der Waals surface area contributed by atoms with Crippen LogP contribution in [0.5, 0.6) is 0 Å². The van der Waals surface area contributed by atoms with Gasteiger partial charge in [0.2, 0.25) is 0 Å². The van der Waals surface area contributed by atoms with Crippen LogP contribution >= 0.6 is 0 Å². The zero-order valence-corrected chi connectivity index (χ0v) is 15.2. The molecule has 5 rings (SSSR count). The van der Waals surface area contributed by atoms with Crippen LogP contribution in [0, 0.1) is 11.8 Å². The van der Waals surface area contributed by atoms with Gasteiger partial charge in [-0.2, -0.15) is 0 Å².